The molecule has 12 heavy (non-hydrogen) atoms. The van der Waals surface area contributed by atoms with Gasteiger partial charge in [0.1, 0.15) is 0 Å². The number of pyridine rings is 1. The van der Waals surface area contributed by atoms with Crippen molar-refractivity contribution < 1.29 is 5.11 Å². The Morgan fingerprint density at radius 2 is 2.33 bits per heavy atom. The number of hydrogen-bond donors (Lipinski definition) is 2. The molecule has 0 bridgehead atoms. The quantitative estimate of drug-likeness (QED) is 0.604. The molecule has 1 aliphatic rings. The van der Waals surface area contributed by atoms with Crippen LogP contribution in [0.4, 0.5) is 0 Å². The van der Waals surface area contributed by atoms with Gasteiger partial charge in [0.25, 0.3) is 0 Å². The smallest absolute Gasteiger partial charge is 0.210 e. The molecule has 0 saturated carbocycles. The average molecular weight is 164 g/mol. The van der Waals surface area contributed by atoms with Gasteiger partial charge < -0.3 is 10.8 Å². The van der Waals surface area contributed by atoms with Crippen LogP contribution in [0.5, 0.6) is 5.88 Å². The van der Waals surface area contributed by atoms with Crippen molar-refractivity contribution in [2.24, 2.45) is 5.73 Å². The third-order valence-electron chi connectivity index (χ3n) is 2.32. The first-order valence-corrected chi connectivity index (χ1v) is 4.22. The van der Waals surface area contributed by atoms with Gasteiger partial charge in [-0.3, -0.25) is 0 Å². The fourth-order valence-electron chi connectivity index (χ4n) is 1.68. The highest BCUT2D eigenvalue weighted by Gasteiger charge is 2.17. The van der Waals surface area contributed by atoms with Gasteiger partial charge >= 0.3 is 0 Å². The first kappa shape index (κ1) is 7.55. The van der Waals surface area contributed by atoms with E-state index in [0.29, 0.717) is 0 Å². The first-order chi connectivity index (χ1) is 5.77. The molecule has 3 heteroatoms. The van der Waals surface area contributed by atoms with Crippen LogP contribution in [0.3, 0.4) is 0 Å². The third-order valence-corrected chi connectivity index (χ3v) is 2.32. The van der Waals surface area contributed by atoms with E-state index < -0.39 is 0 Å². The number of aryl methyl sites for hydroxylation is 1. The van der Waals surface area contributed by atoms with Gasteiger partial charge in [-0.05, 0) is 24.8 Å². The highest BCUT2D eigenvalue weighted by molar-refractivity contribution is 5.29. The predicted molar refractivity (Wildman–Crippen MR) is 45.8 cm³/mol. The monoisotopic (exact) mass is 164 g/mol. The van der Waals surface area contributed by atoms with E-state index in [4.69, 9.17) is 10.8 Å². The maximum Gasteiger partial charge on any atom is 0.210 e. The largest absolute Gasteiger partial charge is 0.493 e. The lowest BCUT2D eigenvalue weighted by Gasteiger charge is -2.20. The van der Waals surface area contributed by atoms with E-state index in [1.54, 1.807) is 6.07 Å². The van der Waals surface area contributed by atoms with Gasteiger partial charge in [-0.2, -0.15) is 0 Å². The van der Waals surface area contributed by atoms with Crippen molar-refractivity contribution in [3.05, 3.63) is 23.4 Å². The zero-order chi connectivity index (χ0) is 8.55. The van der Waals surface area contributed by atoms with Gasteiger partial charge in [0.2, 0.25) is 5.88 Å². The zero-order valence-corrected chi connectivity index (χ0v) is 6.83. The summed E-state index contributed by atoms with van der Waals surface area (Å²) < 4.78 is 0. The summed E-state index contributed by atoms with van der Waals surface area (Å²) in [6.45, 7) is 0. The molecule has 1 aliphatic carbocycles. The lowest BCUT2D eigenvalue weighted by Crippen LogP contribution is -2.18. The molecule has 1 aromatic heterocycles. The Morgan fingerprint density at radius 1 is 1.50 bits per heavy atom. The highest BCUT2D eigenvalue weighted by atomic mass is 16.3. The van der Waals surface area contributed by atoms with Crippen molar-refractivity contribution >= 4 is 0 Å². The minimum Gasteiger partial charge on any atom is -0.493 e. The van der Waals surface area contributed by atoms with Gasteiger partial charge in [0, 0.05) is 17.8 Å². The van der Waals surface area contributed by atoms with Crippen LogP contribution in [-0.2, 0) is 6.42 Å². The molecule has 0 radical (unpaired) electrons. The summed E-state index contributed by atoms with van der Waals surface area (Å²) in [6, 6.07) is 3.59. The highest BCUT2D eigenvalue weighted by Crippen LogP contribution is 2.27. The van der Waals surface area contributed by atoms with Crippen molar-refractivity contribution in [3.63, 3.8) is 0 Å². The SMILES string of the molecule is NC1CCCc2nc(O)ccc21. The zero-order valence-electron chi connectivity index (χ0n) is 6.83. The molecule has 0 spiro atoms. The maximum atomic E-state index is 9.12. The molecule has 1 heterocycles. The van der Waals surface area contributed by atoms with Crippen molar-refractivity contribution in [2.75, 3.05) is 0 Å². The maximum absolute atomic E-state index is 9.12. The van der Waals surface area contributed by atoms with Crippen LogP contribution in [-0.4, -0.2) is 10.1 Å². The predicted octanol–water partition coefficient (Wildman–Crippen LogP) is 1.12. The molecule has 2 rings (SSSR count). The molecule has 1 unspecified atom stereocenters. The molecule has 1 aromatic rings. The lowest BCUT2D eigenvalue weighted by molar-refractivity contribution is 0.445. The van der Waals surface area contributed by atoms with Crippen LogP contribution in [0.15, 0.2) is 12.1 Å². The summed E-state index contributed by atoms with van der Waals surface area (Å²) in [7, 11) is 0. The van der Waals surface area contributed by atoms with Crippen molar-refractivity contribution in [1.82, 2.24) is 4.98 Å². The van der Waals surface area contributed by atoms with Gasteiger partial charge in [0.05, 0.1) is 0 Å². The van der Waals surface area contributed by atoms with Crippen molar-refractivity contribution in [3.8, 4) is 5.88 Å². The van der Waals surface area contributed by atoms with E-state index in [9.17, 15) is 0 Å². The van der Waals surface area contributed by atoms with Crippen LogP contribution in [0.2, 0.25) is 0 Å². The topological polar surface area (TPSA) is 59.1 Å². The minimum absolute atomic E-state index is 0.0999. The Bertz CT molecular complexity index is 299. The van der Waals surface area contributed by atoms with Crippen LogP contribution >= 0.6 is 0 Å². The standard InChI is InChI=1S/C9H12N2O/c10-7-2-1-3-8-6(7)4-5-9(12)11-8/h4-5,7H,1-3,10H2,(H,11,12). The Hall–Kier alpha value is -1.09. The molecule has 1 atom stereocenters. The molecule has 0 amide bonds. The first-order valence-electron chi connectivity index (χ1n) is 4.22. The number of rotatable bonds is 0. The Morgan fingerprint density at radius 3 is 3.17 bits per heavy atom. The molecule has 0 saturated heterocycles. The molecule has 3 N–H and O–H groups in total. The number of nitrogens with two attached hydrogens (primary N) is 1. The van der Waals surface area contributed by atoms with Gasteiger partial charge in [-0.25, -0.2) is 4.98 Å². The van der Waals surface area contributed by atoms with Crippen molar-refractivity contribution in [2.45, 2.75) is 25.3 Å². The fourth-order valence-corrected chi connectivity index (χ4v) is 1.68. The normalized spacial score (nSPS) is 21.9. The second-order valence-corrected chi connectivity index (χ2v) is 3.20. The van der Waals surface area contributed by atoms with Gasteiger partial charge in [-0.1, -0.05) is 6.07 Å². The summed E-state index contributed by atoms with van der Waals surface area (Å²) in [5.41, 5.74) is 7.94. The molecule has 0 aromatic carbocycles. The second kappa shape index (κ2) is 2.75. The number of nitrogens with zero attached hydrogens (tertiary/aromatic N) is 1. The number of aromatic hydroxyl groups is 1. The summed E-state index contributed by atoms with van der Waals surface area (Å²) in [4.78, 5) is 4.04. The van der Waals surface area contributed by atoms with E-state index in [1.807, 2.05) is 6.07 Å². The number of aromatic nitrogens is 1. The fraction of sp³-hybridized carbons (Fsp3) is 0.444. The minimum atomic E-state index is 0.0999. The van der Waals surface area contributed by atoms with E-state index in [-0.39, 0.29) is 11.9 Å². The van der Waals surface area contributed by atoms with E-state index in [1.165, 1.54) is 0 Å². The Balaban J connectivity index is 2.46. The molecule has 0 aliphatic heterocycles. The summed E-state index contributed by atoms with van der Waals surface area (Å²) in [5.74, 6) is 0.0999. The lowest BCUT2D eigenvalue weighted by atomic mass is 9.92. The van der Waals surface area contributed by atoms with E-state index in [0.717, 1.165) is 30.5 Å². The van der Waals surface area contributed by atoms with Gasteiger partial charge in [-0.15, -0.1) is 0 Å². The van der Waals surface area contributed by atoms with Crippen LogP contribution in [0.25, 0.3) is 0 Å². The Labute approximate surface area is 71.2 Å². The van der Waals surface area contributed by atoms with Crippen LogP contribution < -0.4 is 5.73 Å². The van der Waals surface area contributed by atoms with Crippen LogP contribution in [0, 0.1) is 0 Å². The molecule has 64 valence electrons. The summed E-state index contributed by atoms with van der Waals surface area (Å²) in [5, 5.41) is 9.12. The summed E-state index contributed by atoms with van der Waals surface area (Å²) in [6.07, 6.45) is 3.04. The van der Waals surface area contributed by atoms with E-state index in [2.05, 4.69) is 4.98 Å². The van der Waals surface area contributed by atoms with E-state index >= 15 is 0 Å². The Kier molecular flexibility index (Phi) is 1.73. The molecular formula is C9H12N2O. The molecule has 3 nitrogen and oxygen atoms in total. The number of hydrogen-bond acceptors (Lipinski definition) is 3. The third kappa shape index (κ3) is 1.16. The van der Waals surface area contributed by atoms with Crippen LogP contribution in [0.1, 0.15) is 30.1 Å². The molecular weight excluding hydrogens is 152 g/mol. The second-order valence-electron chi connectivity index (χ2n) is 3.20. The van der Waals surface area contributed by atoms with Crippen molar-refractivity contribution in [1.29, 1.82) is 0 Å². The summed E-state index contributed by atoms with van der Waals surface area (Å²) >= 11 is 0. The number of fused-ring (bicyclic) bond motifs is 1. The average Bonchev–Trinajstić information content (AvgIpc) is 2.04. The molecule has 0 fully saturated rings. The van der Waals surface area contributed by atoms with Gasteiger partial charge in [0.15, 0.2) is 0 Å².